The van der Waals surface area contributed by atoms with Crippen LogP contribution in [0.4, 0.5) is 13.2 Å². The number of H-pyrrole nitrogens is 1. The molecule has 0 saturated heterocycles. The first-order valence-corrected chi connectivity index (χ1v) is 8.61. The summed E-state index contributed by atoms with van der Waals surface area (Å²) < 4.78 is 38.9. The maximum absolute atomic E-state index is 13.0. The SMILES string of the molecule is CC(=O)c1ccccc1-c1ccc2nc(-c3cccc(C(F)(F)F)c3)[nH]c2c1. The minimum Gasteiger partial charge on any atom is -0.338 e. The van der Waals surface area contributed by atoms with Gasteiger partial charge in [0.25, 0.3) is 0 Å². The number of fused-ring (bicyclic) bond motifs is 1. The Balaban J connectivity index is 1.79. The normalized spacial score (nSPS) is 11.7. The molecule has 3 nitrogen and oxygen atoms in total. The largest absolute Gasteiger partial charge is 0.416 e. The van der Waals surface area contributed by atoms with Gasteiger partial charge < -0.3 is 4.98 Å². The number of ketones is 1. The van der Waals surface area contributed by atoms with Crippen LogP contribution < -0.4 is 0 Å². The average Bonchev–Trinajstić information content (AvgIpc) is 3.11. The number of aromatic amines is 1. The summed E-state index contributed by atoms with van der Waals surface area (Å²) in [7, 11) is 0. The van der Waals surface area contributed by atoms with Crippen molar-refractivity contribution in [2.45, 2.75) is 13.1 Å². The first kappa shape index (κ1) is 18.0. The first-order valence-electron chi connectivity index (χ1n) is 8.61. The summed E-state index contributed by atoms with van der Waals surface area (Å²) in [5.41, 5.74) is 3.20. The Kier molecular flexibility index (Phi) is 4.26. The predicted molar refractivity (Wildman–Crippen MR) is 102 cm³/mol. The number of benzene rings is 3. The highest BCUT2D eigenvalue weighted by Gasteiger charge is 2.30. The van der Waals surface area contributed by atoms with Crippen molar-refractivity contribution in [3.05, 3.63) is 77.9 Å². The van der Waals surface area contributed by atoms with Crippen LogP contribution in [0, 0.1) is 0 Å². The topological polar surface area (TPSA) is 45.8 Å². The zero-order chi connectivity index (χ0) is 19.9. The zero-order valence-corrected chi connectivity index (χ0v) is 14.8. The van der Waals surface area contributed by atoms with Gasteiger partial charge in [0, 0.05) is 11.1 Å². The van der Waals surface area contributed by atoms with Crippen molar-refractivity contribution in [3.63, 3.8) is 0 Å². The fourth-order valence-corrected chi connectivity index (χ4v) is 3.20. The second-order valence-corrected chi connectivity index (χ2v) is 6.50. The zero-order valence-electron chi connectivity index (χ0n) is 14.8. The molecular formula is C22H15F3N2O. The Morgan fingerprint density at radius 2 is 1.71 bits per heavy atom. The van der Waals surface area contributed by atoms with Crippen LogP contribution in [-0.4, -0.2) is 15.8 Å². The number of aromatic nitrogens is 2. The lowest BCUT2D eigenvalue weighted by atomic mass is 9.97. The van der Waals surface area contributed by atoms with Gasteiger partial charge in [0.2, 0.25) is 0 Å². The van der Waals surface area contributed by atoms with E-state index in [4.69, 9.17) is 0 Å². The fourth-order valence-electron chi connectivity index (χ4n) is 3.20. The van der Waals surface area contributed by atoms with Crippen LogP contribution in [0.15, 0.2) is 66.7 Å². The van der Waals surface area contributed by atoms with E-state index in [1.165, 1.54) is 13.0 Å². The standard InChI is InChI=1S/C22H15F3N2O/c1-13(28)17-7-2-3-8-18(17)14-9-10-19-20(12-14)27-21(26-19)15-5-4-6-16(11-15)22(23,24)25/h2-12H,1H3,(H,26,27). The van der Waals surface area contributed by atoms with Gasteiger partial charge in [0.1, 0.15) is 5.82 Å². The number of rotatable bonds is 3. The first-order chi connectivity index (χ1) is 13.3. The van der Waals surface area contributed by atoms with Gasteiger partial charge in [-0.15, -0.1) is 0 Å². The second-order valence-electron chi connectivity index (χ2n) is 6.50. The van der Waals surface area contributed by atoms with E-state index in [-0.39, 0.29) is 5.78 Å². The quantitative estimate of drug-likeness (QED) is 0.435. The highest BCUT2D eigenvalue weighted by molar-refractivity contribution is 6.01. The molecule has 3 aromatic carbocycles. The monoisotopic (exact) mass is 380 g/mol. The van der Waals surface area contributed by atoms with E-state index in [1.54, 1.807) is 24.3 Å². The maximum atomic E-state index is 13.0. The van der Waals surface area contributed by atoms with Crippen molar-refractivity contribution in [2.75, 3.05) is 0 Å². The highest BCUT2D eigenvalue weighted by Crippen LogP contribution is 2.33. The number of hydrogen-bond acceptors (Lipinski definition) is 2. The Labute approximate surface area is 158 Å². The van der Waals surface area contributed by atoms with E-state index in [0.29, 0.717) is 28.0 Å². The molecule has 0 aliphatic rings. The highest BCUT2D eigenvalue weighted by atomic mass is 19.4. The number of nitrogens with zero attached hydrogens (tertiary/aromatic N) is 1. The Morgan fingerprint density at radius 1 is 0.929 bits per heavy atom. The molecule has 1 heterocycles. The number of carbonyl (C=O) groups is 1. The third-order valence-corrected chi connectivity index (χ3v) is 4.56. The van der Waals surface area contributed by atoms with Crippen LogP contribution in [0.3, 0.4) is 0 Å². The molecule has 0 amide bonds. The molecule has 28 heavy (non-hydrogen) atoms. The lowest BCUT2D eigenvalue weighted by Gasteiger charge is -2.07. The van der Waals surface area contributed by atoms with Crippen LogP contribution in [0.1, 0.15) is 22.8 Å². The number of hydrogen-bond donors (Lipinski definition) is 1. The van der Waals surface area contributed by atoms with Gasteiger partial charge in [-0.05, 0) is 42.3 Å². The molecule has 1 aromatic heterocycles. The molecular weight excluding hydrogens is 365 g/mol. The van der Waals surface area contributed by atoms with Crippen molar-refractivity contribution >= 4 is 16.8 Å². The van der Waals surface area contributed by atoms with Crippen LogP contribution in [-0.2, 0) is 6.18 Å². The van der Waals surface area contributed by atoms with Crippen molar-refractivity contribution < 1.29 is 18.0 Å². The molecule has 4 rings (SSSR count). The Bertz CT molecular complexity index is 1190. The lowest BCUT2D eigenvalue weighted by molar-refractivity contribution is -0.137. The predicted octanol–water partition coefficient (Wildman–Crippen LogP) is 6.12. The number of alkyl halides is 3. The molecule has 0 atom stereocenters. The summed E-state index contributed by atoms with van der Waals surface area (Å²) in [4.78, 5) is 19.4. The number of carbonyl (C=O) groups excluding carboxylic acids is 1. The molecule has 0 bridgehead atoms. The third kappa shape index (κ3) is 3.29. The van der Waals surface area contributed by atoms with Gasteiger partial charge in [-0.1, -0.05) is 42.5 Å². The number of nitrogens with one attached hydrogen (secondary N) is 1. The second kappa shape index (κ2) is 6.64. The molecule has 4 aromatic rings. The van der Waals surface area contributed by atoms with Gasteiger partial charge in [-0.2, -0.15) is 13.2 Å². The lowest BCUT2D eigenvalue weighted by Crippen LogP contribution is -2.04. The van der Waals surface area contributed by atoms with Crippen LogP contribution >= 0.6 is 0 Å². The summed E-state index contributed by atoms with van der Waals surface area (Å²) in [5.74, 6) is 0.322. The van der Waals surface area contributed by atoms with E-state index < -0.39 is 11.7 Å². The molecule has 0 aliphatic heterocycles. The molecule has 0 spiro atoms. The van der Waals surface area contributed by atoms with Crippen molar-refractivity contribution in [2.24, 2.45) is 0 Å². The summed E-state index contributed by atoms with van der Waals surface area (Å²) in [5, 5.41) is 0. The van der Waals surface area contributed by atoms with Crippen molar-refractivity contribution in [3.8, 4) is 22.5 Å². The summed E-state index contributed by atoms with van der Waals surface area (Å²) in [6.07, 6.45) is -4.41. The molecule has 0 saturated carbocycles. The average molecular weight is 380 g/mol. The minimum atomic E-state index is -4.41. The molecule has 0 unspecified atom stereocenters. The summed E-state index contributed by atoms with van der Waals surface area (Å²) in [6, 6.07) is 17.8. The van der Waals surface area contributed by atoms with Crippen molar-refractivity contribution in [1.29, 1.82) is 0 Å². The minimum absolute atomic E-state index is 0.0371. The third-order valence-electron chi connectivity index (χ3n) is 4.56. The molecule has 0 fully saturated rings. The number of halogens is 3. The number of imidazole rings is 1. The maximum Gasteiger partial charge on any atom is 0.416 e. The van der Waals surface area contributed by atoms with Gasteiger partial charge in [-0.25, -0.2) is 4.98 Å². The number of Topliss-reactive ketones (excluding diaryl/α,β-unsaturated/α-hetero) is 1. The van der Waals surface area contributed by atoms with Gasteiger partial charge in [0.15, 0.2) is 5.78 Å². The van der Waals surface area contributed by atoms with Crippen molar-refractivity contribution in [1.82, 2.24) is 9.97 Å². The molecule has 0 aliphatic carbocycles. The molecule has 0 radical (unpaired) electrons. The Hall–Kier alpha value is -3.41. The van der Waals surface area contributed by atoms with E-state index in [9.17, 15) is 18.0 Å². The van der Waals surface area contributed by atoms with Gasteiger partial charge >= 0.3 is 6.18 Å². The molecule has 6 heteroatoms. The molecule has 1 N–H and O–H groups in total. The van der Waals surface area contributed by atoms with E-state index in [2.05, 4.69) is 9.97 Å². The van der Waals surface area contributed by atoms with E-state index in [0.717, 1.165) is 23.3 Å². The van der Waals surface area contributed by atoms with Gasteiger partial charge in [-0.3, -0.25) is 4.79 Å². The van der Waals surface area contributed by atoms with E-state index in [1.807, 2.05) is 24.3 Å². The summed E-state index contributed by atoms with van der Waals surface area (Å²) in [6.45, 7) is 1.51. The summed E-state index contributed by atoms with van der Waals surface area (Å²) >= 11 is 0. The van der Waals surface area contributed by atoms with Crippen LogP contribution in [0.25, 0.3) is 33.5 Å². The Morgan fingerprint density at radius 3 is 2.46 bits per heavy atom. The smallest absolute Gasteiger partial charge is 0.338 e. The van der Waals surface area contributed by atoms with Crippen LogP contribution in [0.5, 0.6) is 0 Å². The van der Waals surface area contributed by atoms with E-state index >= 15 is 0 Å². The molecule has 140 valence electrons. The van der Waals surface area contributed by atoms with Crippen LogP contribution in [0.2, 0.25) is 0 Å². The van der Waals surface area contributed by atoms with Gasteiger partial charge in [0.05, 0.1) is 16.6 Å². The fraction of sp³-hybridized carbons (Fsp3) is 0.0909.